The highest BCUT2D eigenvalue weighted by Crippen LogP contribution is 2.27. The van der Waals surface area contributed by atoms with Gasteiger partial charge in [0.05, 0.1) is 12.4 Å². The zero-order valence-corrected chi connectivity index (χ0v) is 17.2. The predicted molar refractivity (Wildman–Crippen MR) is 111 cm³/mol. The summed E-state index contributed by atoms with van der Waals surface area (Å²) in [7, 11) is 1.66. The minimum atomic E-state index is 0.0966. The Kier molecular flexibility index (Phi) is 6.65. The molecule has 1 aromatic carbocycles. The molecular weight excluding hydrogens is 380 g/mol. The highest BCUT2D eigenvalue weighted by molar-refractivity contribution is 8.01. The van der Waals surface area contributed by atoms with Crippen molar-refractivity contribution in [3.63, 3.8) is 0 Å². The summed E-state index contributed by atoms with van der Waals surface area (Å²) in [4.78, 5) is 12.7. The molecule has 3 aromatic rings. The molecule has 0 bridgehead atoms. The molecule has 0 atom stereocenters. The Labute approximate surface area is 167 Å². The van der Waals surface area contributed by atoms with Crippen molar-refractivity contribution in [3.8, 4) is 5.69 Å². The molecule has 1 N–H and O–H groups in total. The molecule has 8 heteroatoms. The number of thioether (sulfide) groups is 1. The monoisotopic (exact) mass is 402 g/mol. The smallest absolute Gasteiger partial charge is 0.206 e. The van der Waals surface area contributed by atoms with E-state index in [0.717, 1.165) is 32.1 Å². The minimum Gasteiger partial charge on any atom is -0.383 e. The molecule has 0 saturated carbocycles. The molecule has 142 valence electrons. The quantitative estimate of drug-likeness (QED) is 0.332. The third kappa shape index (κ3) is 4.77. The lowest BCUT2D eigenvalue weighted by Gasteiger charge is -2.09. The molecule has 0 aliphatic rings. The fourth-order valence-electron chi connectivity index (χ4n) is 2.82. The van der Waals surface area contributed by atoms with Gasteiger partial charge < -0.3 is 14.6 Å². The van der Waals surface area contributed by atoms with E-state index < -0.39 is 0 Å². The normalized spacial score (nSPS) is 10.9. The first-order valence-corrected chi connectivity index (χ1v) is 10.4. The Morgan fingerprint density at radius 3 is 2.78 bits per heavy atom. The van der Waals surface area contributed by atoms with Gasteiger partial charge in [0.25, 0.3) is 0 Å². The zero-order chi connectivity index (χ0) is 19.2. The molecule has 0 aliphatic heterocycles. The number of hydrogen-bond acceptors (Lipinski definition) is 7. The Morgan fingerprint density at radius 2 is 2.04 bits per heavy atom. The topological polar surface area (TPSA) is 69.0 Å². The van der Waals surface area contributed by atoms with E-state index in [0.29, 0.717) is 18.9 Å². The van der Waals surface area contributed by atoms with Gasteiger partial charge in [-0.15, -0.1) is 10.2 Å². The number of para-hydroxylation sites is 1. The number of aromatic nitrogens is 3. The second kappa shape index (κ2) is 9.16. The van der Waals surface area contributed by atoms with E-state index in [1.807, 2.05) is 50.2 Å². The molecule has 27 heavy (non-hydrogen) atoms. The molecule has 0 unspecified atom stereocenters. The Balaban J connectivity index is 1.65. The first-order chi connectivity index (χ1) is 13.1. The van der Waals surface area contributed by atoms with Gasteiger partial charge in [-0.25, -0.2) is 0 Å². The molecular formula is C19H22N4O2S2. The molecule has 0 aliphatic carbocycles. The van der Waals surface area contributed by atoms with Gasteiger partial charge in [0, 0.05) is 36.3 Å². The van der Waals surface area contributed by atoms with Crippen LogP contribution in [0.3, 0.4) is 0 Å². The van der Waals surface area contributed by atoms with E-state index in [1.54, 1.807) is 7.11 Å². The highest BCUT2D eigenvalue weighted by Gasteiger charge is 2.17. The average molecular weight is 403 g/mol. The van der Waals surface area contributed by atoms with E-state index in [4.69, 9.17) is 4.74 Å². The first kappa shape index (κ1) is 19.6. The maximum absolute atomic E-state index is 12.7. The Hall–Kier alpha value is -2.16. The van der Waals surface area contributed by atoms with Crippen LogP contribution in [0.1, 0.15) is 21.7 Å². The number of aryl methyl sites for hydroxylation is 1. The van der Waals surface area contributed by atoms with Crippen molar-refractivity contribution in [2.24, 2.45) is 0 Å². The third-order valence-electron chi connectivity index (χ3n) is 4.06. The fourth-order valence-corrected chi connectivity index (χ4v) is 4.48. The minimum absolute atomic E-state index is 0.0966. The standard InChI is InChI=1S/C19H22N4O2S2/c1-13-11-16(14(2)23(13)15-7-5-4-6-8-15)17(24)12-26-19-22-21-18(27-19)20-9-10-25-3/h4-8,11H,9-10,12H2,1-3H3,(H,20,21). The van der Waals surface area contributed by atoms with E-state index >= 15 is 0 Å². The largest absolute Gasteiger partial charge is 0.383 e. The summed E-state index contributed by atoms with van der Waals surface area (Å²) in [5.41, 5.74) is 3.83. The summed E-state index contributed by atoms with van der Waals surface area (Å²) in [6, 6.07) is 12.0. The lowest BCUT2D eigenvalue weighted by atomic mass is 10.2. The third-order valence-corrected chi connectivity index (χ3v) is 6.08. The van der Waals surface area contributed by atoms with Gasteiger partial charge in [-0.05, 0) is 32.0 Å². The van der Waals surface area contributed by atoms with Crippen LogP contribution >= 0.6 is 23.1 Å². The van der Waals surface area contributed by atoms with Crippen LogP contribution in [0.5, 0.6) is 0 Å². The molecule has 0 fully saturated rings. The van der Waals surface area contributed by atoms with Gasteiger partial charge >= 0.3 is 0 Å². The molecule has 6 nitrogen and oxygen atoms in total. The van der Waals surface area contributed by atoms with Crippen molar-refractivity contribution in [1.29, 1.82) is 0 Å². The van der Waals surface area contributed by atoms with Gasteiger partial charge in [0.15, 0.2) is 10.1 Å². The number of anilines is 1. The Morgan fingerprint density at radius 1 is 1.26 bits per heavy atom. The molecule has 3 rings (SSSR count). The van der Waals surface area contributed by atoms with Crippen molar-refractivity contribution >= 4 is 34.0 Å². The number of ether oxygens (including phenoxy) is 1. The van der Waals surface area contributed by atoms with Crippen molar-refractivity contribution in [1.82, 2.24) is 14.8 Å². The van der Waals surface area contributed by atoms with Crippen LogP contribution < -0.4 is 5.32 Å². The number of nitrogens with zero attached hydrogens (tertiary/aromatic N) is 3. The SMILES string of the molecule is COCCNc1nnc(SCC(=O)c2cc(C)n(-c3ccccc3)c2C)s1. The second-order valence-corrected chi connectivity index (χ2v) is 8.16. The van der Waals surface area contributed by atoms with Crippen molar-refractivity contribution < 1.29 is 9.53 Å². The van der Waals surface area contributed by atoms with Crippen molar-refractivity contribution in [2.45, 2.75) is 18.2 Å². The number of rotatable bonds is 9. The van der Waals surface area contributed by atoms with Gasteiger partial charge in [-0.1, -0.05) is 41.3 Å². The number of carbonyl (C=O) groups excluding carboxylic acids is 1. The molecule has 0 saturated heterocycles. The second-order valence-electron chi connectivity index (χ2n) is 5.96. The summed E-state index contributed by atoms with van der Waals surface area (Å²) in [5.74, 6) is 0.436. The summed E-state index contributed by atoms with van der Waals surface area (Å²) in [6.07, 6.45) is 0. The zero-order valence-electron chi connectivity index (χ0n) is 15.6. The summed E-state index contributed by atoms with van der Waals surface area (Å²) >= 11 is 2.86. The average Bonchev–Trinajstić information content (AvgIpc) is 3.24. The van der Waals surface area contributed by atoms with Crippen LogP contribution in [0.15, 0.2) is 40.7 Å². The number of carbonyl (C=O) groups is 1. The lowest BCUT2D eigenvalue weighted by molar-refractivity contribution is 0.102. The number of hydrogen-bond donors (Lipinski definition) is 1. The molecule has 0 spiro atoms. The van der Waals surface area contributed by atoms with E-state index in [2.05, 4.69) is 20.1 Å². The number of benzene rings is 1. The maximum atomic E-state index is 12.7. The summed E-state index contributed by atoms with van der Waals surface area (Å²) in [5, 5.41) is 12.1. The van der Waals surface area contributed by atoms with E-state index in [1.165, 1.54) is 23.1 Å². The van der Waals surface area contributed by atoms with Gasteiger partial charge in [-0.2, -0.15) is 0 Å². The Bertz CT molecular complexity index is 906. The molecule has 2 aromatic heterocycles. The van der Waals surface area contributed by atoms with E-state index in [-0.39, 0.29) is 5.78 Å². The van der Waals surface area contributed by atoms with E-state index in [9.17, 15) is 4.79 Å². The van der Waals surface area contributed by atoms with Gasteiger partial charge in [0.1, 0.15) is 0 Å². The number of nitrogens with one attached hydrogen (secondary N) is 1. The molecule has 2 heterocycles. The van der Waals surface area contributed by atoms with Crippen LogP contribution in [0.25, 0.3) is 5.69 Å². The molecule has 0 radical (unpaired) electrons. The van der Waals surface area contributed by atoms with Crippen LogP contribution in [0.2, 0.25) is 0 Å². The molecule has 0 amide bonds. The van der Waals surface area contributed by atoms with Crippen molar-refractivity contribution in [3.05, 3.63) is 53.3 Å². The van der Waals surface area contributed by atoms with Crippen LogP contribution in [0.4, 0.5) is 5.13 Å². The van der Waals surface area contributed by atoms with Crippen LogP contribution in [-0.4, -0.2) is 46.6 Å². The number of Topliss-reactive ketones (excluding diaryl/α,β-unsaturated/α-hetero) is 1. The first-order valence-electron chi connectivity index (χ1n) is 8.57. The lowest BCUT2D eigenvalue weighted by Crippen LogP contribution is -2.06. The summed E-state index contributed by atoms with van der Waals surface area (Å²) in [6.45, 7) is 5.30. The highest BCUT2D eigenvalue weighted by atomic mass is 32.2. The van der Waals surface area contributed by atoms with Crippen LogP contribution in [-0.2, 0) is 4.74 Å². The predicted octanol–water partition coefficient (Wildman–Crippen LogP) is 3.98. The summed E-state index contributed by atoms with van der Waals surface area (Å²) < 4.78 is 7.88. The number of ketones is 1. The fraction of sp³-hybridized carbons (Fsp3) is 0.316. The number of methoxy groups -OCH3 is 1. The van der Waals surface area contributed by atoms with Gasteiger partial charge in [-0.3, -0.25) is 4.79 Å². The maximum Gasteiger partial charge on any atom is 0.206 e. The van der Waals surface area contributed by atoms with Gasteiger partial charge in [0.2, 0.25) is 5.13 Å². The van der Waals surface area contributed by atoms with Crippen molar-refractivity contribution in [2.75, 3.05) is 31.3 Å². The van der Waals surface area contributed by atoms with Crippen LogP contribution in [0, 0.1) is 13.8 Å².